The second-order valence-corrected chi connectivity index (χ2v) is 6.64. The molecule has 0 fully saturated rings. The van der Waals surface area contributed by atoms with Crippen LogP contribution in [0.25, 0.3) is 10.9 Å². The van der Waals surface area contributed by atoms with Crippen molar-refractivity contribution in [2.24, 2.45) is 0 Å². The fraction of sp³-hybridized carbons (Fsp3) is 0.286. The number of ketones is 1. The van der Waals surface area contributed by atoms with Crippen LogP contribution in [0.3, 0.4) is 0 Å². The number of carbonyl (C=O) groups excluding carboxylic acids is 1. The smallest absolute Gasteiger partial charge is 0.141 e. The summed E-state index contributed by atoms with van der Waals surface area (Å²) in [6, 6.07) is 11.7. The molecule has 0 aliphatic carbocycles. The first kappa shape index (κ1) is 17.2. The maximum Gasteiger partial charge on any atom is 0.141 e. The Bertz CT molecular complexity index is 889. The van der Waals surface area contributed by atoms with E-state index in [9.17, 15) is 4.79 Å². The summed E-state index contributed by atoms with van der Waals surface area (Å²) in [7, 11) is 1.69. The molecule has 0 saturated heterocycles. The third-order valence-electron chi connectivity index (χ3n) is 4.48. The molecule has 0 spiro atoms. The third-order valence-corrected chi connectivity index (χ3v) is 4.48. The van der Waals surface area contributed by atoms with Gasteiger partial charge < -0.3 is 4.74 Å². The Morgan fingerprint density at radius 1 is 1.08 bits per heavy atom. The third kappa shape index (κ3) is 3.74. The summed E-state index contributed by atoms with van der Waals surface area (Å²) in [5.74, 6) is 0.137. The van der Waals surface area contributed by atoms with Crippen LogP contribution in [0, 0.1) is 0 Å². The zero-order valence-corrected chi connectivity index (χ0v) is 14.8. The molecular weight excluding hydrogens is 312 g/mol. The van der Waals surface area contributed by atoms with Crippen molar-refractivity contribution < 1.29 is 9.53 Å². The lowest BCUT2D eigenvalue weighted by Gasteiger charge is -2.27. The zero-order chi connectivity index (χ0) is 17.9. The number of hydrogen-bond acceptors (Lipinski definition) is 4. The van der Waals surface area contributed by atoms with Crippen LogP contribution in [-0.2, 0) is 28.0 Å². The normalized spacial score (nSPS) is 11.6. The van der Waals surface area contributed by atoms with Gasteiger partial charge in [0, 0.05) is 43.9 Å². The number of Topliss-reactive ketones (excluding diaryl/α,β-unsaturated/α-hetero) is 1. The van der Waals surface area contributed by atoms with E-state index in [0.29, 0.717) is 12.8 Å². The van der Waals surface area contributed by atoms with E-state index < -0.39 is 5.60 Å². The van der Waals surface area contributed by atoms with Gasteiger partial charge in [0.25, 0.3) is 0 Å². The summed E-state index contributed by atoms with van der Waals surface area (Å²) in [4.78, 5) is 21.2. The van der Waals surface area contributed by atoms with Crippen LogP contribution in [0.1, 0.15) is 30.5 Å². The van der Waals surface area contributed by atoms with Crippen LogP contribution in [0.5, 0.6) is 0 Å². The summed E-state index contributed by atoms with van der Waals surface area (Å²) < 4.78 is 5.72. The lowest BCUT2D eigenvalue weighted by Crippen LogP contribution is -2.23. The standard InChI is InChI=1S/C21H22N2O2/c1-21(2,25-3)20-16(14-23-19-9-5-4-8-18(19)20)12-17(24)11-15-7-6-10-22-13-15/h4-10,13-14H,11-12H2,1-3H3. The molecule has 0 aliphatic heterocycles. The molecule has 2 aromatic heterocycles. The first-order valence-corrected chi connectivity index (χ1v) is 8.34. The van der Waals surface area contributed by atoms with Gasteiger partial charge in [-0.3, -0.25) is 14.8 Å². The SMILES string of the molecule is COC(C)(C)c1c(CC(=O)Cc2cccnc2)cnc2ccccc12. The maximum absolute atomic E-state index is 12.6. The topological polar surface area (TPSA) is 52.1 Å². The van der Waals surface area contributed by atoms with Crippen molar-refractivity contribution in [1.29, 1.82) is 0 Å². The molecule has 0 N–H and O–H groups in total. The molecule has 0 radical (unpaired) electrons. The number of rotatable bonds is 6. The first-order chi connectivity index (χ1) is 12.0. The molecular formula is C21H22N2O2. The summed E-state index contributed by atoms with van der Waals surface area (Å²) in [6.45, 7) is 4.04. The first-order valence-electron chi connectivity index (χ1n) is 8.34. The molecule has 4 nitrogen and oxygen atoms in total. The highest BCUT2D eigenvalue weighted by molar-refractivity contribution is 5.88. The highest BCUT2D eigenvalue weighted by Crippen LogP contribution is 2.33. The van der Waals surface area contributed by atoms with Gasteiger partial charge in [-0.2, -0.15) is 0 Å². The number of methoxy groups -OCH3 is 1. The van der Waals surface area contributed by atoms with Crippen LogP contribution in [-0.4, -0.2) is 22.9 Å². The zero-order valence-electron chi connectivity index (χ0n) is 14.8. The molecule has 2 heterocycles. The van der Waals surface area contributed by atoms with Crippen LogP contribution in [0.15, 0.2) is 55.0 Å². The molecule has 3 rings (SSSR count). The van der Waals surface area contributed by atoms with Gasteiger partial charge in [0.05, 0.1) is 11.1 Å². The Morgan fingerprint density at radius 3 is 2.60 bits per heavy atom. The average Bonchev–Trinajstić information content (AvgIpc) is 2.62. The van der Waals surface area contributed by atoms with E-state index in [4.69, 9.17) is 4.74 Å². The van der Waals surface area contributed by atoms with Crippen molar-refractivity contribution in [3.8, 4) is 0 Å². The fourth-order valence-corrected chi connectivity index (χ4v) is 3.13. The van der Waals surface area contributed by atoms with Gasteiger partial charge in [0.1, 0.15) is 5.78 Å². The number of nitrogens with zero attached hydrogens (tertiary/aromatic N) is 2. The number of pyridine rings is 2. The van der Waals surface area contributed by atoms with Gasteiger partial charge in [0.2, 0.25) is 0 Å². The summed E-state index contributed by atoms with van der Waals surface area (Å²) in [6.07, 6.45) is 5.94. The molecule has 0 amide bonds. The lowest BCUT2D eigenvalue weighted by atomic mass is 9.88. The Morgan fingerprint density at radius 2 is 1.88 bits per heavy atom. The van der Waals surface area contributed by atoms with E-state index in [1.54, 1.807) is 25.7 Å². The Labute approximate surface area is 147 Å². The largest absolute Gasteiger partial charge is 0.374 e. The van der Waals surface area contributed by atoms with Crippen molar-refractivity contribution >= 4 is 16.7 Å². The van der Waals surface area contributed by atoms with Gasteiger partial charge >= 0.3 is 0 Å². The minimum absolute atomic E-state index is 0.137. The number of aromatic nitrogens is 2. The molecule has 0 atom stereocenters. The number of carbonyl (C=O) groups is 1. The highest BCUT2D eigenvalue weighted by atomic mass is 16.5. The molecule has 0 bridgehead atoms. The second-order valence-electron chi connectivity index (χ2n) is 6.64. The number of benzene rings is 1. The number of para-hydroxylation sites is 1. The minimum atomic E-state index is -0.507. The minimum Gasteiger partial charge on any atom is -0.374 e. The predicted octanol–water partition coefficient (Wildman–Crippen LogP) is 3.87. The van der Waals surface area contributed by atoms with Crippen LogP contribution in [0.2, 0.25) is 0 Å². The highest BCUT2D eigenvalue weighted by Gasteiger charge is 2.26. The van der Waals surface area contributed by atoms with Gasteiger partial charge in [0.15, 0.2) is 0 Å². The van der Waals surface area contributed by atoms with E-state index in [0.717, 1.165) is 27.6 Å². The van der Waals surface area contributed by atoms with E-state index in [1.807, 2.05) is 50.2 Å². The van der Waals surface area contributed by atoms with Gasteiger partial charge in [-0.15, -0.1) is 0 Å². The Kier molecular flexibility index (Phi) is 4.91. The predicted molar refractivity (Wildman–Crippen MR) is 98.4 cm³/mol. The summed E-state index contributed by atoms with van der Waals surface area (Å²) >= 11 is 0. The van der Waals surface area contributed by atoms with Gasteiger partial charge in [-0.25, -0.2) is 0 Å². The molecule has 4 heteroatoms. The number of ether oxygens (including phenoxy) is 1. The van der Waals surface area contributed by atoms with E-state index in [1.165, 1.54) is 0 Å². The Balaban J connectivity index is 1.98. The summed E-state index contributed by atoms with van der Waals surface area (Å²) in [5, 5.41) is 1.03. The van der Waals surface area contributed by atoms with Crippen molar-refractivity contribution in [3.63, 3.8) is 0 Å². The van der Waals surface area contributed by atoms with Crippen LogP contribution in [0.4, 0.5) is 0 Å². The van der Waals surface area contributed by atoms with Crippen LogP contribution < -0.4 is 0 Å². The van der Waals surface area contributed by atoms with E-state index in [2.05, 4.69) is 9.97 Å². The van der Waals surface area contributed by atoms with Gasteiger partial charge in [-0.1, -0.05) is 24.3 Å². The van der Waals surface area contributed by atoms with Crippen molar-refractivity contribution in [2.45, 2.75) is 32.3 Å². The molecule has 0 aliphatic rings. The van der Waals surface area contributed by atoms with Gasteiger partial charge in [-0.05, 0) is 42.7 Å². The Hall–Kier alpha value is -2.59. The van der Waals surface area contributed by atoms with Crippen molar-refractivity contribution in [2.75, 3.05) is 7.11 Å². The summed E-state index contributed by atoms with van der Waals surface area (Å²) in [5.41, 5.74) is 3.27. The molecule has 3 aromatic rings. The van der Waals surface area contributed by atoms with Crippen molar-refractivity contribution in [3.05, 3.63) is 71.7 Å². The molecule has 128 valence electrons. The van der Waals surface area contributed by atoms with Crippen molar-refractivity contribution in [1.82, 2.24) is 9.97 Å². The molecule has 0 unspecified atom stereocenters. The molecule has 25 heavy (non-hydrogen) atoms. The van der Waals surface area contributed by atoms with E-state index in [-0.39, 0.29) is 5.78 Å². The van der Waals surface area contributed by atoms with E-state index >= 15 is 0 Å². The molecule has 1 aromatic carbocycles. The maximum atomic E-state index is 12.6. The average molecular weight is 334 g/mol. The number of fused-ring (bicyclic) bond motifs is 1. The monoisotopic (exact) mass is 334 g/mol. The second kappa shape index (κ2) is 7.11. The quantitative estimate of drug-likeness (QED) is 0.687. The fourth-order valence-electron chi connectivity index (χ4n) is 3.13. The lowest BCUT2D eigenvalue weighted by molar-refractivity contribution is -0.117. The number of hydrogen-bond donors (Lipinski definition) is 0. The molecule has 0 saturated carbocycles. The van der Waals surface area contributed by atoms with Crippen LogP contribution >= 0.6 is 0 Å².